The van der Waals surface area contributed by atoms with Crippen molar-refractivity contribution in [2.24, 2.45) is 7.05 Å². The third kappa shape index (κ3) is 8.46. The maximum Gasteiger partial charge on any atom is 0.0704 e. The van der Waals surface area contributed by atoms with Gasteiger partial charge < -0.3 is 4.57 Å². The predicted octanol–water partition coefficient (Wildman–Crippen LogP) is 9.70. The lowest BCUT2D eigenvalue weighted by molar-refractivity contribution is 0.969. The van der Waals surface area contributed by atoms with E-state index < -0.39 is 0 Å². The van der Waals surface area contributed by atoms with Crippen molar-refractivity contribution in [2.45, 2.75) is 61.8 Å². The summed E-state index contributed by atoms with van der Waals surface area (Å²) >= 11 is 1.79. The van der Waals surface area contributed by atoms with Crippen molar-refractivity contribution in [3.8, 4) is 0 Å². The van der Waals surface area contributed by atoms with E-state index in [9.17, 15) is 0 Å². The summed E-state index contributed by atoms with van der Waals surface area (Å²) in [4.78, 5) is 4.24. The van der Waals surface area contributed by atoms with E-state index in [4.69, 9.17) is 0 Å². The molecule has 3 heteroatoms. The van der Waals surface area contributed by atoms with E-state index in [1.165, 1.54) is 45.0 Å². The van der Waals surface area contributed by atoms with Gasteiger partial charge >= 0.3 is 0 Å². The standard InChI is InChI=1S/C10H11N.C10H9N.C7H10S.2C2H6/c1-8-3-4-10-9(7-8)5-6-11(10)2;1-8-4-2-6-10-9(8)5-3-7-11-10;1-3-7-5-8-4-6(7)2;2*1-2/h3-7H,1-2H3;2-7H,1H3;4-5H,3H2,1-2H3;2*1-2H3. The molecule has 0 N–H and O–H groups in total. The Morgan fingerprint density at radius 1 is 0.824 bits per heavy atom. The number of thiophene rings is 1. The fourth-order valence-electron chi connectivity index (χ4n) is 3.41. The molecule has 0 aliphatic heterocycles. The first-order chi connectivity index (χ1) is 16.5. The Morgan fingerprint density at radius 2 is 1.56 bits per heavy atom. The zero-order valence-corrected chi connectivity index (χ0v) is 23.3. The van der Waals surface area contributed by atoms with Gasteiger partial charge in [0.2, 0.25) is 0 Å². The Labute approximate surface area is 211 Å². The number of fused-ring (bicyclic) bond motifs is 2. The average Bonchev–Trinajstić information content (AvgIpc) is 3.47. The summed E-state index contributed by atoms with van der Waals surface area (Å²) in [6.45, 7) is 16.6. The second-order valence-corrected chi connectivity index (χ2v) is 8.31. The van der Waals surface area contributed by atoms with Crippen molar-refractivity contribution in [2.75, 3.05) is 0 Å². The SMILES string of the molecule is CC.CC.CCc1cscc1C.Cc1ccc2c(ccn2C)c1.Cc1cccc2ncccc12. The zero-order valence-electron chi connectivity index (χ0n) is 22.5. The lowest BCUT2D eigenvalue weighted by atomic mass is 10.1. The predicted molar refractivity (Wildman–Crippen MR) is 155 cm³/mol. The van der Waals surface area contributed by atoms with Gasteiger partial charge in [-0.3, -0.25) is 4.98 Å². The highest BCUT2D eigenvalue weighted by Gasteiger charge is 1.96. The highest BCUT2D eigenvalue weighted by molar-refractivity contribution is 7.08. The van der Waals surface area contributed by atoms with Crippen molar-refractivity contribution < 1.29 is 0 Å². The van der Waals surface area contributed by atoms with Crippen LogP contribution >= 0.6 is 11.3 Å². The molecule has 0 aliphatic carbocycles. The molecule has 5 rings (SSSR count). The monoisotopic (exact) mass is 474 g/mol. The molecule has 0 radical (unpaired) electrons. The third-order valence-corrected chi connectivity index (χ3v) is 6.16. The molecular weight excluding hydrogens is 432 g/mol. The van der Waals surface area contributed by atoms with Gasteiger partial charge in [-0.25, -0.2) is 0 Å². The van der Waals surface area contributed by atoms with Crippen molar-refractivity contribution in [3.05, 3.63) is 100 Å². The van der Waals surface area contributed by atoms with Gasteiger partial charge in [0.1, 0.15) is 0 Å². The summed E-state index contributed by atoms with van der Waals surface area (Å²) in [7, 11) is 2.07. The lowest BCUT2D eigenvalue weighted by Gasteiger charge is -1.97. The molecule has 0 aliphatic rings. The molecule has 3 heterocycles. The van der Waals surface area contributed by atoms with Gasteiger partial charge in [-0.1, -0.05) is 64.4 Å². The average molecular weight is 475 g/mol. The van der Waals surface area contributed by atoms with Crippen LogP contribution < -0.4 is 0 Å². The molecule has 0 amide bonds. The third-order valence-electron chi connectivity index (χ3n) is 5.25. The van der Waals surface area contributed by atoms with E-state index in [1.807, 2.05) is 52.1 Å². The topological polar surface area (TPSA) is 17.8 Å². The van der Waals surface area contributed by atoms with E-state index in [2.05, 4.69) is 97.6 Å². The highest BCUT2D eigenvalue weighted by Crippen LogP contribution is 2.16. The Bertz CT molecular complexity index is 1230. The minimum Gasteiger partial charge on any atom is -0.351 e. The molecule has 2 nitrogen and oxygen atoms in total. The first-order valence-electron chi connectivity index (χ1n) is 12.3. The van der Waals surface area contributed by atoms with Gasteiger partial charge in [0, 0.05) is 30.3 Å². The quantitative estimate of drug-likeness (QED) is 0.236. The number of hydrogen-bond acceptors (Lipinski definition) is 2. The van der Waals surface area contributed by atoms with E-state index >= 15 is 0 Å². The Kier molecular flexibility index (Phi) is 13.6. The molecule has 0 bridgehead atoms. The molecule has 0 spiro atoms. The Morgan fingerprint density at radius 3 is 2.15 bits per heavy atom. The Hall–Kier alpha value is -2.91. The van der Waals surface area contributed by atoms with Crippen LogP contribution in [0.4, 0.5) is 0 Å². The zero-order chi connectivity index (χ0) is 25.5. The number of nitrogens with zero attached hydrogens (tertiary/aromatic N) is 2. The Balaban J connectivity index is 0.000000240. The molecular formula is C31H42N2S. The van der Waals surface area contributed by atoms with Crippen molar-refractivity contribution >= 4 is 33.1 Å². The molecule has 3 aromatic heterocycles. The van der Waals surface area contributed by atoms with Crippen molar-refractivity contribution in [3.63, 3.8) is 0 Å². The second kappa shape index (κ2) is 15.8. The molecule has 182 valence electrons. The van der Waals surface area contributed by atoms with Crippen LogP contribution in [0.5, 0.6) is 0 Å². The molecule has 34 heavy (non-hydrogen) atoms. The van der Waals surface area contributed by atoms with Crippen LogP contribution in [0.1, 0.15) is 56.9 Å². The molecule has 0 atom stereocenters. The van der Waals surface area contributed by atoms with Crippen LogP contribution in [-0.2, 0) is 13.5 Å². The summed E-state index contributed by atoms with van der Waals surface area (Å²) < 4.78 is 2.13. The molecule has 5 aromatic rings. The maximum atomic E-state index is 4.24. The van der Waals surface area contributed by atoms with Gasteiger partial charge in [0.15, 0.2) is 0 Å². The number of pyridine rings is 1. The van der Waals surface area contributed by atoms with E-state index in [0.717, 1.165) is 5.52 Å². The number of rotatable bonds is 1. The van der Waals surface area contributed by atoms with Crippen LogP contribution in [0.25, 0.3) is 21.8 Å². The van der Waals surface area contributed by atoms with Gasteiger partial charge in [0.25, 0.3) is 0 Å². The maximum absolute atomic E-state index is 4.24. The van der Waals surface area contributed by atoms with Crippen LogP contribution in [0.2, 0.25) is 0 Å². The largest absolute Gasteiger partial charge is 0.351 e. The van der Waals surface area contributed by atoms with E-state index in [0.29, 0.717) is 0 Å². The highest BCUT2D eigenvalue weighted by atomic mass is 32.1. The normalized spacial score (nSPS) is 9.44. The fraction of sp³-hybridized carbons (Fsp3) is 0.323. The van der Waals surface area contributed by atoms with E-state index in [-0.39, 0.29) is 0 Å². The second-order valence-electron chi connectivity index (χ2n) is 7.57. The number of aromatic nitrogens is 2. The van der Waals surface area contributed by atoms with Crippen molar-refractivity contribution in [1.29, 1.82) is 0 Å². The summed E-state index contributed by atoms with van der Waals surface area (Å²) in [6.07, 6.45) is 5.08. The van der Waals surface area contributed by atoms with Gasteiger partial charge in [0.05, 0.1) is 5.52 Å². The van der Waals surface area contributed by atoms with E-state index in [1.54, 1.807) is 11.3 Å². The molecule has 0 fully saturated rings. The van der Waals surface area contributed by atoms with Crippen LogP contribution in [0, 0.1) is 20.8 Å². The van der Waals surface area contributed by atoms with Crippen LogP contribution in [0.15, 0.2) is 77.8 Å². The lowest BCUT2D eigenvalue weighted by Crippen LogP contribution is -1.82. The molecule has 0 unspecified atom stereocenters. The van der Waals surface area contributed by atoms with Gasteiger partial charge in [-0.2, -0.15) is 11.3 Å². The molecule has 0 saturated heterocycles. The number of hydrogen-bond donors (Lipinski definition) is 0. The van der Waals surface area contributed by atoms with Gasteiger partial charge in [-0.15, -0.1) is 0 Å². The molecule has 0 saturated carbocycles. The smallest absolute Gasteiger partial charge is 0.0704 e. The van der Waals surface area contributed by atoms with Gasteiger partial charge in [-0.05, 0) is 90.4 Å². The first kappa shape index (κ1) is 29.1. The minimum absolute atomic E-state index is 1.08. The minimum atomic E-state index is 1.08. The molecule has 2 aromatic carbocycles. The first-order valence-corrected chi connectivity index (χ1v) is 13.3. The fourth-order valence-corrected chi connectivity index (χ4v) is 4.35. The van der Waals surface area contributed by atoms with Crippen LogP contribution in [0.3, 0.4) is 0 Å². The van der Waals surface area contributed by atoms with Crippen molar-refractivity contribution in [1.82, 2.24) is 9.55 Å². The summed E-state index contributed by atoms with van der Waals surface area (Å²) in [5.41, 5.74) is 7.93. The summed E-state index contributed by atoms with van der Waals surface area (Å²) in [6, 6.07) is 18.9. The summed E-state index contributed by atoms with van der Waals surface area (Å²) in [5, 5.41) is 6.98. The van der Waals surface area contributed by atoms with Crippen LogP contribution in [-0.4, -0.2) is 9.55 Å². The summed E-state index contributed by atoms with van der Waals surface area (Å²) in [5.74, 6) is 0. The number of aryl methyl sites for hydroxylation is 5. The number of benzene rings is 2.